The smallest absolute Gasteiger partial charge is 0.377 e. The quantitative estimate of drug-likeness (QED) is 0.313. The van der Waals surface area contributed by atoms with Crippen LogP contribution in [0.15, 0.2) is 54.0 Å². The number of ether oxygens (including phenoxy) is 1. The van der Waals surface area contributed by atoms with Gasteiger partial charge >= 0.3 is 6.18 Å². The first-order valence-corrected chi connectivity index (χ1v) is 12.6. The fraction of sp³-hybridized carbons (Fsp3) is 0.583. The van der Waals surface area contributed by atoms with Crippen molar-refractivity contribution >= 4 is 10.0 Å². The van der Waals surface area contributed by atoms with E-state index in [-0.39, 0.29) is 10.8 Å². The number of hydrogen-bond acceptors (Lipinski definition) is 4. The Morgan fingerprint density at radius 3 is 2.21 bits per heavy atom. The Kier molecular flexibility index (Phi) is 10.6. The Bertz CT molecular complexity index is 862. The third-order valence-corrected chi connectivity index (χ3v) is 7.80. The molecule has 0 heterocycles. The van der Waals surface area contributed by atoms with Crippen LogP contribution in [0, 0.1) is 11.8 Å². The van der Waals surface area contributed by atoms with Crippen molar-refractivity contribution in [2.75, 3.05) is 46.9 Å². The van der Waals surface area contributed by atoms with Gasteiger partial charge in [0, 0.05) is 33.3 Å². The predicted molar refractivity (Wildman–Crippen MR) is 124 cm³/mol. The van der Waals surface area contributed by atoms with E-state index < -0.39 is 21.8 Å². The Hall–Kier alpha value is -1.68. The molecular formula is C24H35F3N2O3S. The number of sulfonamides is 1. The monoisotopic (exact) mass is 488 g/mol. The van der Waals surface area contributed by atoms with Crippen LogP contribution >= 0.6 is 0 Å². The summed E-state index contributed by atoms with van der Waals surface area (Å²) >= 11 is 0. The van der Waals surface area contributed by atoms with E-state index in [9.17, 15) is 21.6 Å². The maximum Gasteiger partial charge on any atom is 0.416 e. The largest absolute Gasteiger partial charge is 0.416 e. The average molecular weight is 489 g/mol. The highest BCUT2D eigenvalue weighted by Gasteiger charge is 2.32. The fourth-order valence-corrected chi connectivity index (χ4v) is 5.21. The third kappa shape index (κ3) is 8.88. The molecule has 0 atom stereocenters. The van der Waals surface area contributed by atoms with Gasteiger partial charge in [-0.05, 0) is 68.8 Å². The maximum absolute atomic E-state index is 12.7. The highest BCUT2D eigenvalue weighted by Crippen LogP contribution is 2.32. The molecule has 0 unspecified atom stereocenters. The van der Waals surface area contributed by atoms with Crippen LogP contribution in [0.2, 0.25) is 0 Å². The molecule has 0 spiro atoms. The summed E-state index contributed by atoms with van der Waals surface area (Å²) in [5, 5.41) is 0. The van der Waals surface area contributed by atoms with Crippen LogP contribution in [0.4, 0.5) is 13.2 Å². The van der Waals surface area contributed by atoms with E-state index in [4.69, 9.17) is 4.74 Å². The average Bonchev–Trinajstić information content (AvgIpc) is 2.77. The first-order chi connectivity index (χ1) is 15.5. The molecule has 186 valence electrons. The van der Waals surface area contributed by atoms with Gasteiger partial charge < -0.3 is 4.74 Å². The van der Waals surface area contributed by atoms with Gasteiger partial charge in [-0.25, -0.2) is 12.7 Å². The van der Waals surface area contributed by atoms with Gasteiger partial charge in [0.15, 0.2) is 0 Å². The number of alkyl halides is 3. The molecule has 9 heteroatoms. The summed E-state index contributed by atoms with van der Waals surface area (Å²) in [5.41, 5.74) is -0.861. The molecule has 1 saturated carbocycles. The van der Waals surface area contributed by atoms with Crippen LogP contribution in [0.5, 0.6) is 0 Å². The molecule has 0 N–H and O–H groups in total. The molecule has 0 radical (unpaired) electrons. The first-order valence-electron chi connectivity index (χ1n) is 11.2. The number of halogens is 3. The molecule has 5 nitrogen and oxygen atoms in total. The summed E-state index contributed by atoms with van der Waals surface area (Å²) in [6, 6.07) is 3.66. The van der Waals surface area contributed by atoms with Crippen molar-refractivity contribution in [2.24, 2.45) is 11.8 Å². The predicted octanol–water partition coefficient (Wildman–Crippen LogP) is 4.82. The minimum Gasteiger partial charge on any atom is -0.377 e. The Balaban J connectivity index is 1.73. The van der Waals surface area contributed by atoms with Gasteiger partial charge in [0.1, 0.15) is 0 Å². The highest BCUT2D eigenvalue weighted by atomic mass is 32.2. The molecule has 0 aromatic heterocycles. The summed E-state index contributed by atoms with van der Waals surface area (Å²) in [6.07, 6.45) is 5.23. The van der Waals surface area contributed by atoms with Crippen LogP contribution in [0.1, 0.15) is 31.2 Å². The van der Waals surface area contributed by atoms with E-state index in [2.05, 4.69) is 17.6 Å². The Labute approximate surface area is 196 Å². The molecule has 0 amide bonds. The molecule has 0 saturated heterocycles. The van der Waals surface area contributed by atoms with Gasteiger partial charge in [-0.2, -0.15) is 13.2 Å². The second-order valence-electron chi connectivity index (χ2n) is 8.71. The van der Waals surface area contributed by atoms with E-state index in [1.807, 2.05) is 19.2 Å². The van der Waals surface area contributed by atoms with Gasteiger partial charge in [0.2, 0.25) is 10.0 Å². The molecule has 1 aromatic rings. The van der Waals surface area contributed by atoms with Gasteiger partial charge in [0.25, 0.3) is 0 Å². The summed E-state index contributed by atoms with van der Waals surface area (Å²) in [7, 11) is -0.310. The van der Waals surface area contributed by atoms with Crippen LogP contribution in [-0.4, -0.2) is 64.6 Å². The van der Waals surface area contributed by atoms with Gasteiger partial charge in [-0.15, -0.1) is 6.58 Å². The molecule has 2 rings (SSSR count). The summed E-state index contributed by atoms with van der Waals surface area (Å²) in [6.45, 7) is 7.04. The Morgan fingerprint density at radius 2 is 1.64 bits per heavy atom. The van der Waals surface area contributed by atoms with Crippen LogP contribution in [0.3, 0.4) is 0 Å². The number of likely N-dealkylation sites (N-methyl/N-ethyl adjacent to an activating group) is 1. The lowest BCUT2D eigenvalue weighted by Crippen LogP contribution is -2.34. The third-order valence-electron chi connectivity index (χ3n) is 5.96. The molecule has 1 fully saturated rings. The standard InChI is InChI=1S/C24H35F3N2O3S/c1-4-15-28(2)16-5-6-17-32-19-21-9-7-20(8-10-21)18-29(3)33(30,31)23-13-11-22(12-14-23)24(25,26)27/h4-6,11-14,20-21H,1,7-10,15-19H2,2-3H3. The van der Waals surface area contributed by atoms with Crippen molar-refractivity contribution in [3.05, 3.63) is 54.6 Å². The number of rotatable bonds is 12. The highest BCUT2D eigenvalue weighted by molar-refractivity contribution is 7.89. The van der Waals surface area contributed by atoms with Crippen molar-refractivity contribution in [1.82, 2.24) is 9.21 Å². The molecular weight excluding hydrogens is 453 g/mol. The van der Waals surface area contributed by atoms with Crippen molar-refractivity contribution in [3.63, 3.8) is 0 Å². The van der Waals surface area contributed by atoms with Gasteiger partial charge in [0.05, 0.1) is 17.1 Å². The maximum atomic E-state index is 12.7. The molecule has 33 heavy (non-hydrogen) atoms. The number of benzene rings is 1. The van der Waals surface area contributed by atoms with E-state index in [1.165, 1.54) is 11.4 Å². The normalized spacial score (nSPS) is 20.1. The van der Waals surface area contributed by atoms with Gasteiger partial charge in [-0.3, -0.25) is 4.90 Å². The zero-order chi connectivity index (χ0) is 24.5. The van der Waals surface area contributed by atoms with Crippen LogP contribution in [-0.2, 0) is 20.9 Å². The summed E-state index contributed by atoms with van der Waals surface area (Å²) in [4.78, 5) is 2.02. The summed E-state index contributed by atoms with van der Waals surface area (Å²) < 4.78 is 70.7. The second kappa shape index (κ2) is 12.7. The minimum absolute atomic E-state index is 0.121. The topological polar surface area (TPSA) is 49.9 Å². The van der Waals surface area contributed by atoms with Crippen LogP contribution in [0.25, 0.3) is 0 Å². The number of hydrogen-bond donors (Lipinski definition) is 0. The molecule has 1 aliphatic rings. The van der Waals surface area contributed by atoms with Crippen LogP contribution < -0.4 is 0 Å². The van der Waals surface area contributed by atoms with E-state index in [0.717, 1.165) is 63.0 Å². The molecule has 1 aromatic carbocycles. The molecule has 1 aliphatic carbocycles. The zero-order valence-corrected chi connectivity index (χ0v) is 20.2. The van der Waals surface area contributed by atoms with E-state index in [1.54, 1.807) is 0 Å². The van der Waals surface area contributed by atoms with E-state index >= 15 is 0 Å². The molecule has 0 aliphatic heterocycles. The first kappa shape index (κ1) is 27.6. The Morgan fingerprint density at radius 1 is 1.03 bits per heavy atom. The number of nitrogens with zero attached hydrogens (tertiary/aromatic N) is 2. The van der Waals surface area contributed by atoms with Crippen molar-refractivity contribution in [1.29, 1.82) is 0 Å². The summed E-state index contributed by atoms with van der Waals surface area (Å²) in [5.74, 6) is 0.700. The lowest BCUT2D eigenvalue weighted by molar-refractivity contribution is -0.137. The van der Waals surface area contributed by atoms with E-state index in [0.29, 0.717) is 25.7 Å². The minimum atomic E-state index is -4.49. The fourth-order valence-electron chi connectivity index (χ4n) is 3.96. The lowest BCUT2D eigenvalue weighted by atomic mass is 9.82. The second-order valence-corrected chi connectivity index (χ2v) is 10.8. The zero-order valence-electron chi connectivity index (χ0n) is 19.4. The lowest BCUT2D eigenvalue weighted by Gasteiger charge is -2.30. The van der Waals surface area contributed by atoms with Crippen molar-refractivity contribution in [3.8, 4) is 0 Å². The van der Waals surface area contributed by atoms with Gasteiger partial charge in [-0.1, -0.05) is 18.2 Å². The van der Waals surface area contributed by atoms with Crippen molar-refractivity contribution < 1.29 is 26.3 Å². The SMILES string of the molecule is C=CCN(C)CC=CCOCC1CCC(CN(C)S(=O)(=O)c2ccc(C(F)(F)F)cc2)CC1. The molecule has 0 bridgehead atoms. The van der Waals surface area contributed by atoms with Crippen molar-refractivity contribution in [2.45, 2.75) is 36.8 Å².